The number of hydrogen-bond acceptors (Lipinski definition) is 5. The summed E-state index contributed by atoms with van der Waals surface area (Å²) in [5.74, 6) is -1.34. The number of esters is 1. The zero-order valence-corrected chi connectivity index (χ0v) is 17.3. The van der Waals surface area contributed by atoms with Crippen LogP contribution in [0.4, 0.5) is 9.18 Å². The van der Waals surface area contributed by atoms with Crippen LogP contribution in [0.1, 0.15) is 65.7 Å². The Morgan fingerprint density at radius 2 is 1.71 bits per heavy atom. The lowest BCUT2D eigenvalue weighted by Crippen LogP contribution is -2.56. The number of halogens is 1. The molecule has 1 N–H and O–H groups in total. The molecule has 1 heterocycles. The first-order chi connectivity index (χ1) is 13.1. The maximum Gasteiger partial charge on any atom is 0.408 e. The second-order valence-corrected chi connectivity index (χ2v) is 8.69. The van der Waals surface area contributed by atoms with Gasteiger partial charge >= 0.3 is 12.1 Å². The van der Waals surface area contributed by atoms with Crippen LogP contribution in [0.5, 0.6) is 0 Å². The van der Waals surface area contributed by atoms with Crippen molar-refractivity contribution in [3.63, 3.8) is 0 Å². The Bertz CT molecular complexity index is 571. The highest BCUT2D eigenvalue weighted by atomic mass is 19.1. The third-order valence-electron chi connectivity index (χ3n) is 5.41. The van der Waals surface area contributed by atoms with Crippen LogP contribution in [0.3, 0.4) is 0 Å². The van der Waals surface area contributed by atoms with Crippen LogP contribution in [0.25, 0.3) is 0 Å². The molecule has 3 atom stereocenters. The molecule has 0 spiro atoms. The first-order valence-corrected chi connectivity index (χ1v) is 10.2. The largest absolute Gasteiger partial charge is 0.467 e. The van der Waals surface area contributed by atoms with Gasteiger partial charge < -0.3 is 19.7 Å². The van der Waals surface area contributed by atoms with Crippen LogP contribution in [0.15, 0.2) is 0 Å². The van der Waals surface area contributed by atoms with E-state index in [0.717, 1.165) is 39.2 Å². The van der Waals surface area contributed by atoms with Gasteiger partial charge in [0.15, 0.2) is 0 Å². The molecule has 2 amide bonds. The van der Waals surface area contributed by atoms with Crippen LogP contribution < -0.4 is 5.32 Å². The molecule has 7 nitrogen and oxygen atoms in total. The van der Waals surface area contributed by atoms with Crippen LogP contribution in [0.2, 0.25) is 0 Å². The summed E-state index contributed by atoms with van der Waals surface area (Å²) in [4.78, 5) is 38.7. The summed E-state index contributed by atoms with van der Waals surface area (Å²) in [6.45, 7) is 5.62. The van der Waals surface area contributed by atoms with Crippen molar-refractivity contribution in [2.45, 2.75) is 89.6 Å². The van der Waals surface area contributed by atoms with Crippen molar-refractivity contribution in [3.8, 4) is 0 Å². The summed E-state index contributed by atoms with van der Waals surface area (Å²) in [6.07, 6.45) is 3.18. The maximum atomic E-state index is 14.5. The lowest BCUT2D eigenvalue weighted by molar-refractivity contribution is -0.151. The first kappa shape index (κ1) is 22.4. The first-order valence-electron chi connectivity index (χ1n) is 10.2. The Morgan fingerprint density at radius 1 is 1.07 bits per heavy atom. The number of alkyl carbamates (subject to hydrolysis) is 1. The average Bonchev–Trinajstić information content (AvgIpc) is 3.13. The van der Waals surface area contributed by atoms with Crippen LogP contribution in [-0.4, -0.2) is 60.4 Å². The minimum Gasteiger partial charge on any atom is -0.467 e. The molecule has 2 rings (SSSR count). The Kier molecular flexibility index (Phi) is 7.66. The second-order valence-electron chi connectivity index (χ2n) is 8.69. The third kappa shape index (κ3) is 5.82. The van der Waals surface area contributed by atoms with Crippen molar-refractivity contribution < 1.29 is 28.2 Å². The van der Waals surface area contributed by atoms with E-state index in [9.17, 15) is 18.8 Å². The predicted octanol–water partition coefficient (Wildman–Crippen LogP) is 2.96. The van der Waals surface area contributed by atoms with Gasteiger partial charge in [-0.05, 0) is 52.4 Å². The predicted molar refractivity (Wildman–Crippen MR) is 101 cm³/mol. The fourth-order valence-electron chi connectivity index (χ4n) is 4.10. The number of amides is 2. The van der Waals surface area contributed by atoms with Gasteiger partial charge in [0.25, 0.3) is 0 Å². The molecule has 1 aliphatic heterocycles. The zero-order chi connectivity index (χ0) is 20.9. The van der Waals surface area contributed by atoms with E-state index < -0.39 is 35.9 Å². The number of hydrogen-bond donors (Lipinski definition) is 1. The average molecular weight is 400 g/mol. The summed E-state index contributed by atoms with van der Waals surface area (Å²) >= 11 is 0. The number of carbonyl (C=O) groups excluding carboxylic acids is 3. The molecule has 2 aliphatic rings. The van der Waals surface area contributed by atoms with E-state index in [2.05, 4.69) is 10.1 Å². The Balaban J connectivity index is 2.17. The Labute approximate surface area is 166 Å². The van der Waals surface area contributed by atoms with E-state index in [1.54, 1.807) is 20.8 Å². The number of rotatable bonds is 5. The molecule has 1 saturated heterocycles. The number of nitrogens with one attached hydrogen (secondary N) is 1. The third-order valence-corrected chi connectivity index (χ3v) is 5.41. The standard InChI is InChI=1S/C20H33FN2O5/c1-20(2,3)28-19(26)22-16(13-9-6-5-7-10-13)17(24)23-12-8-11-14(23)15(21)18(25)27-4/h13-16H,5-12H2,1-4H3,(H,22,26)/t14-,15?,16-/m0/s1. The molecule has 8 heteroatoms. The van der Waals surface area contributed by atoms with Gasteiger partial charge in [0.1, 0.15) is 11.6 Å². The summed E-state index contributed by atoms with van der Waals surface area (Å²) in [5, 5.41) is 2.73. The van der Waals surface area contributed by atoms with Crippen molar-refractivity contribution in [3.05, 3.63) is 0 Å². The summed E-state index contributed by atoms with van der Waals surface area (Å²) in [5.41, 5.74) is -0.685. The van der Waals surface area contributed by atoms with Gasteiger partial charge in [-0.15, -0.1) is 0 Å². The molecule has 0 radical (unpaired) electrons. The van der Waals surface area contributed by atoms with E-state index >= 15 is 0 Å². The smallest absolute Gasteiger partial charge is 0.408 e. The molecule has 1 unspecified atom stereocenters. The van der Waals surface area contributed by atoms with Gasteiger partial charge in [-0.25, -0.2) is 14.0 Å². The maximum absolute atomic E-state index is 14.5. The SMILES string of the molecule is COC(=O)C(F)[C@@H]1CCCN1C(=O)[C@@H](NC(=O)OC(C)(C)C)C1CCCCC1. The normalized spacial score (nSPS) is 23.0. The number of carbonyl (C=O) groups is 3. The molecule has 28 heavy (non-hydrogen) atoms. The molecular formula is C20H33FN2O5. The van der Waals surface area contributed by atoms with E-state index in [0.29, 0.717) is 19.4 Å². The van der Waals surface area contributed by atoms with Crippen molar-refractivity contribution in [2.24, 2.45) is 5.92 Å². The fraction of sp³-hybridized carbons (Fsp3) is 0.850. The minimum absolute atomic E-state index is 0.0220. The Hall–Kier alpha value is -1.86. The molecule has 0 aromatic heterocycles. The van der Waals surface area contributed by atoms with E-state index in [1.165, 1.54) is 4.90 Å². The zero-order valence-electron chi connectivity index (χ0n) is 17.3. The fourth-order valence-corrected chi connectivity index (χ4v) is 4.10. The molecule has 1 saturated carbocycles. The number of likely N-dealkylation sites (tertiary alicyclic amines) is 1. The van der Waals surface area contributed by atoms with Crippen molar-refractivity contribution >= 4 is 18.0 Å². The molecule has 0 aromatic rings. The van der Waals surface area contributed by atoms with Crippen molar-refractivity contribution in [1.82, 2.24) is 10.2 Å². The van der Waals surface area contributed by atoms with Crippen LogP contribution >= 0.6 is 0 Å². The number of ether oxygens (including phenoxy) is 2. The van der Waals surface area contributed by atoms with Gasteiger partial charge in [-0.3, -0.25) is 4.79 Å². The van der Waals surface area contributed by atoms with Crippen molar-refractivity contribution in [1.29, 1.82) is 0 Å². The minimum atomic E-state index is -1.88. The summed E-state index contributed by atoms with van der Waals surface area (Å²) in [6, 6.07) is -1.63. The molecule has 0 bridgehead atoms. The number of methoxy groups -OCH3 is 1. The van der Waals surface area contributed by atoms with Crippen LogP contribution in [-0.2, 0) is 19.1 Å². The molecule has 2 fully saturated rings. The topological polar surface area (TPSA) is 84.9 Å². The highest BCUT2D eigenvalue weighted by molar-refractivity contribution is 5.87. The van der Waals surface area contributed by atoms with E-state index in [4.69, 9.17) is 4.74 Å². The molecule has 160 valence electrons. The van der Waals surface area contributed by atoms with E-state index in [-0.39, 0.29) is 11.8 Å². The van der Waals surface area contributed by atoms with Crippen molar-refractivity contribution in [2.75, 3.05) is 13.7 Å². The quantitative estimate of drug-likeness (QED) is 0.717. The lowest BCUT2D eigenvalue weighted by atomic mass is 9.83. The van der Waals surface area contributed by atoms with Gasteiger partial charge in [0.2, 0.25) is 12.1 Å². The lowest BCUT2D eigenvalue weighted by Gasteiger charge is -2.35. The van der Waals surface area contributed by atoms with E-state index in [1.807, 2.05) is 0 Å². The summed E-state index contributed by atoms with van der Waals surface area (Å²) in [7, 11) is 1.13. The molecule has 1 aliphatic carbocycles. The highest BCUT2D eigenvalue weighted by Crippen LogP contribution is 2.30. The summed E-state index contributed by atoms with van der Waals surface area (Å²) < 4.78 is 24.4. The van der Waals surface area contributed by atoms with Gasteiger partial charge in [-0.1, -0.05) is 19.3 Å². The van der Waals surface area contributed by atoms with Gasteiger partial charge in [0.05, 0.1) is 13.2 Å². The van der Waals surface area contributed by atoms with Crippen LogP contribution in [0, 0.1) is 5.92 Å². The monoisotopic (exact) mass is 400 g/mol. The molecule has 0 aromatic carbocycles. The second kappa shape index (κ2) is 9.56. The van der Waals surface area contributed by atoms with Gasteiger partial charge in [-0.2, -0.15) is 0 Å². The molecular weight excluding hydrogens is 367 g/mol. The number of alkyl halides is 1. The van der Waals surface area contributed by atoms with Gasteiger partial charge in [0, 0.05) is 6.54 Å². The highest BCUT2D eigenvalue weighted by Gasteiger charge is 2.43. The Morgan fingerprint density at radius 3 is 2.29 bits per heavy atom. The number of nitrogens with zero attached hydrogens (tertiary/aromatic N) is 1.